The molecule has 0 aromatic rings. The Labute approximate surface area is 158 Å². The molecule has 0 aliphatic carbocycles. The maximum atomic E-state index is 12.6. The summed E-state index contributed by atoms with van der Waals surface area (Å²) in [5, 5.41) is 0. The number of carbonyl (C=O) groups excluding carboxylic acids is 2. The predicted molar refractivity (Wildman–Crippen MR) is 104 cm³/mol. The molecular weight excluding hydrogens is 332 g/mol. The molecule has 6 nitrogen and oxygen atoms in total. The highest BCUT2D eigenvalue weighted by atomic mass is 16.5. The lowest BCUT2D eigenvalue weighted by atomic mass is 9.83. The van der Waals surface area contributed by atoms with Crippen LogP contribution in [0.2, 0.25) is 0 Å². The Balaban J connectivity index is 5.40. The van der Waals surface area contributed by atoms with Gasteiger partial charge in [-0.05, 0) is 43.0 Å². The van der Waals surface area contributed by atoms with E-state index in [1.54, 1.807) is 20.1 Å². The van der Waals surface area contributed by atoms with E-state index in [-0.39, 0.29) is 29.5 Å². The molecule has 150 valence electrons. The number of ether oxygens (including phenoxy) is 2. The molecule has 0 rings (SSSR count). The van der Waals surface area contributed by atoms with Gasteiger partial charge in [0.05, 0.1) is 19.6 Å². The van der Waals surface area contributed by atoms with Crippen molar-refractivity contribution < 1.29 is 19.1 Å². The average Bonchev–Trinajstić information content (AvgIpc) is 2.60. The van der Waals surface area contributed by atoms with Crippen molar-refractivity contribution in [3.8, 4) is 0 Å². The first-order valence-corrected chi connectivity index (χ1v) is 9.19. The SMILES string of the molecule is COC(/C=C\N)=C(\C)CC(C(=O)OCC(C)C)C(C)CC(=O)C(C)CN. The maximum absolute atomic E-state index is 12.6. The van der Waals surface area contributed by atoms with Crippen LogP contribution in [0.3, 0.4) is 0 Å². The first kappa shape index (κ1) is 24.2. The Hall–Kier alpha value is -1.82. The summed E-state index contributed by atoms with van der Waals surface area (Å²) in [5.74, 6) is -0.160. The van der Waals surface area contributed by atoms with Gasteiger partial charge in [-0.3, -0.25) is 9.59 Å². The van der Waals surface area contributed by atoms with E-state index < -0.39 is 5.92 Å². The lowest BCUT2D eigenvalue weighted by Crippen LogP contribution is -2.30. The number of allylic oxidation sites excluding steroid dienone is 2. The number of ketones is 1. The summed E-state index contributed by atoms with van der Waals surface area (Å²) >= 11 is 0. The van der Waals surface area contributed by atoms with Gasteiger partial charge in [-0.1, -0.05) is 27.7 Å². The van der Waals surface area contributed by atoms with Crippen LogP contribution in [0.4, 0.5) is 0 Å². The Kier molecular flexibility index (Phi) is 11.6. The number of esters is 1. The third-order valence-corrected chi connectivity index (χ3v) is 4.39. The van der Waals surface area contributed by atoms with Gasteiger partial charge in [0.25, 0.3) is 0 Å². The van der Waals surface area contributed by atoms with E-state index in [2.05, 4.69) is 0 Å². The van der Waals surface area contributed by atoms with Gasteiger partial charge in [-0.2, -0.15) is 0 Å². The van der Waals surface area contributed by atoms with E-state index in [9.17, 15) is 9.59 Å². The summed E-state index contributed by atoms with van der Waals surface area (Å²) in [6.07, 6.45) is 3.78. The van der Waals surface area contributed by atoms with Crippen LogP contribution < -0.4 is 11.5 Å². The van der Waals surface area contributed by atoms with Crippen LogP contribution >= 0.6 is 0 Å². The Morgan fingerprint density at radius 1 is 1.12 bits per heavy atom. The summed E-state index contributed by atoms with van der Waals surface area (Å²) in [6.45, 7) is 10.2. The standard InChI is InChI=1S/C20H36N2O4/c1-13(2)12-26-20(24)17(9-15(4)19(25-6)7-8-21)14(3)10-18(23)16(5)11-22/h7-8,13-14,16-17H,9-12,21-22H2,1-6H3/b8-7-,19-15+. The minimum Gasteiger partial charge on any atom is -0.497 e. The van der Waals surface area contributed by atoms with E-state index >= 15 is 0 Å². The van der Waals surface area contributed by atoms with Gasteiger partial charge in [0.2, 0.25) is 0 Å². The predicted octanol–water partition coefficient (Wildman–Crippen LogP) is 2.77. The highest BCUT2D eigenvalue weighted by Gasteiger charge is 2.30. The second-order valence-corrected chi connectivity index (χ2v) is 7.33. The molecule has 0 amide bonds. The monoisotopic (exact) mass is 368 g/mol. The third-order valence-electron chi connectivity index (χ3n) is 4.39. The highest BCUT2D eigenvalue weighted by molar-refractivity contribution is 5.82. The molecule has 6 heteroatoms. The van der Waals surface area contributed by atoms with Gasteiger partial charge in [0, 0.05) is 18.9 Å². The van der Waals surface area contributed by atoms with Crippen molar-refractivity contribution in [2.24, 2.45) is 35.1 Å². The lowest BCUT2D eigenvalue weighted by molar-refractivity contribution is -0.151. The zero-order valence-corrected chi connectivity index (χ0v) is 17.1. The molecule has 26 heavy (non-hydrogen) atoms. The van der Waals surface area contributed by atoms with Gasteiger partial charge in [0.1, 0.15) is 11.5 Å². The molecule has 0 heterocycles. The summed E-state index contributed by atoms with van der Waals surface area (Å²) in [5.41, 5.74) is 11.9. The van der Waals surface area contributed by atoms with E-state index in [1.807, 2.05) is 27.7 Å². The molecule has 0 aromatic heterocycles. The first-order chi connectivity index (χ1) is 12.2. The van der Waals surface area contributed by atoms with Crippen LogP contribution in [0.25, 0.3) is 0 Å². The van der Waals surface area contributed by atoms with Crippen molar-refractivity contribution >= 4 is 11.8 Å². The normalized spacial score (nSPS) is 16.2. The summed E-state index contributed by atoms with van der Waals surface area (Å²) in [4.78, 5) is 24.9. The van der Waals surface area contributed by atoms with Gasteiger partial charge in [-0.25, -0.2) is 0 Å². The van der Waals surface area contributed by atoms with Crippen LogP contribution in [0.1, 0.15) is 47.5 Å². The van der Waals surface area contributed by atoms with E-state index in [1.165, 1.54) is 6.20 Å². The first-order valence-electron chi connectivity index (χ1n) is 9.19. The van der Waals surface area contributed by atoms with Crippen molar-refractivity contribution in [3.63, 3.8) is 0 Å². The van der Waals surface area contributed by atoms with Crippen LogP contribution in [0, 0.1) is 23.7 Å². The van der Waals surface area contributed by atoms with Gasteiger partial charge in [0.15, 0.2) is 0 Å². The number of Topliss-reactive ketones (excluding diaryl/α,β-unsaturated/α-hetero) is 1. The molecule has 0 aliphatic heterocycles. The quantitative estimate of drug-likeness (QED) is 0.312. The van der Waals surface area contributed by atoms with E-state index in [0.29, 0.717) is 31.8 Å². The Morgan fingerprint density at radius 3 is 2.19 bits per heavy atom. The molecule has 0 saturated heterocycles. The second kappa shape index (κ2) is 12.5. The fourth-order valence-electron chi connectivity index (χ4n) is 2.57. The summed E-state index contributed by atoms with van der Waals surface area (Å²) in [7, 11) is 1.56. The van der Waals surface area contributed by atoms with E-state index in [4.69, 9.17) is 20.9 Å². The van der Waals surface area contributed by atoms with Crippen molar-refractivity contribution in [1.29, 1.82) is 0 Å². The van der Waals surface area contributed by atoms with Gasteiger partial charge >= 0.3 is 5.97 Å². The molecule has 0 radical (unpaired) electrons. The number of nitrogens with two attached hydrogens (primary N) is 2. The second-order valence-electron chi connectivity index (χ2n) is 7.33. The molecule has 0 fully saturated rings. The molecule has 0 aromatic carbocycles. The number of methoxy groups -OCH3 is 1. The summed E-state index contributed by atoms with van der Waals surface area (Å²) < 4.78 is 10.8. The fraction of sp³-hybridized carbons (Fsp3) is 0.700. The number of hydrogen-bond acceptors (Lipinski definition) is 6. The van der Waals surface area contributed by atoms with Crippen molar-refractivity contribution in [2.75, 3.05) is 20.3 Å². The van der Waals surface area contributed by atoms with Crippen LogP contribution in [0.15, 0.2) is 23.6 Å². The van der Waals surface area contributed by atoms with Crippen molar-refractivity contribution in [1.82, 2.24) is 0 Å². The lowest BCUT2D eigenvalue weighted by Gasteiger charge is -2.24. The molecule has 0 aliphatic rings. The molecule has 0 spiro atoms. The van der Waals surface area contributed by atoms with Gasteiger partial charge < -0.3 is 20.9 Å². The molecule has 3 atom stereocenters. The number of hydrogen-bond donors (Lipinski definition) is 2. The van der Waals surface area contributed by atoms with Crippen LogP contribution in [-0.2, 0) is 19.1 Å². The van der Waals surface area contributed by atoms with Crippen LogP contribution in [0.5, 0.6) is 0 Å². The van der Waals surface area contributed by atoms with Crippen molar-refractivity contribution in [3.05, 3.63) is 23.6 Å². The van der Waals surface area contributed by atoms with Crippen molar-refractivity contribution in [2.45, 2.75) is 47.5 Å². The number of rotatable bonds is 12. The molecule has 4 N–H and O–H groups in total. The largest absolute Gasteiger partial charge is 0.497 e. The zero-order chi connectivity index (χ0) is 20.3. The molecule has 0 bridgehead atoms. The van der Waals surface area contributed by atoms with Gasteiger partial charge in [-0.15, -0.1) is 0 Å². The third kappa shape index (κ3) is 8.52. The average molecular weight is 369 g/mol. The minimum absolute atomic E-state index is 0.0668. The Morgan fingerprint density at radius 2 is 1.73 bits per heavy atom. The minimum atomic E-state index is -0.431. The molecular formula is C20H36N2O4. The Bertz CT molecular complexity index is 512. The smallest absolute Gasteiger partial charge is 0.309 e. The highest BCUT2D eigenvalue weighted by Crippen LogP contribution is 2.27. The fourth-order valence-corrected chi connectivity index (χ4v) is 2.57. The van der Waals surface area contributed by atoms with Crippen LogP contribution in [-0.4, -0.2) is 32.0 Å². The summed E-state index contributed by atoms with van der Waals surface area (Å²) in [6, 6.07) is 0. The maximum Gasteiger partial charge on any atom is 0.309 e. The number of carbonyl (C=O) groups is 2. The topological polar surface area (TPSA) is 105 Å². The zero-order valence-electron chi connectivity index (χ0n) is 17.1. The molecule has 0 saturated carbocycles. The molecule has 3 unspecified atom stereocenters. The van der Waals surface area contributed by atoms with E-state index in [0.717, 1.165) is 5.57 Å².